The maximum Gasteiger partial charge on any atom is 0.0362 e. The lowest BCUT2D eigenvalue weighted by atomic mass is 10.0. The fourth-order valence-electron chi connectivity index (χ4n) is 1.16. The molecule has 0 fully saturated rings. The first-order chi connectivity index (χ1) is 6.22. The second-order valence-corrected chi connectivity index (χ2v) is 2.74. The number of benzene rings is 1. The minimum absolute atomic E-state index is 0.847. The molecule has 1 nitrogen and oxygen atoms in total. The maximum absolute atomic E-state index is 5.35. The molecule has 1 aromatic carbocycles. The molecule has 1 rings (SSSR count). The molecule has 0 saturated heterocycles. The molecular formula is C12H11N. The van der Waals surface area contributed by atoms with Crippen LogP contribution in [-0.4, -0.2) is 7.05 Å². The first kappa shape index (κ1) is 9.23. The van der Waals surface area contributed by atoms with Crippen LogP contribution in [0.25, 0.3) is 0 Å². The van der Waals surface area contributed by atoms with Gasteiger partial charge in [-0.3, -0.25) is 0 Å². The lowest BCUT2D eigenvalue weighted by Crippen LogP contribution is -1.94. The molecule has 0 aliphatic carbocycles. The molecule has 1 N–H and O–H groups in total. The number of hydrogen-bond acceptors (Lipinski definition) is 1. The molecule has 0 unspecified atom stereocenters. The van der Waals surface area contributed by atoms with E-state index >= 15 is 0 Å². The van der Waals surface area contributed by atoms with E-state index in [0.29, 0.717) is 0 Å². The van der Waals surface area contributed by atoms with Gasteiger partial charge in [-0.2, -0.15) is 0 Å². The SMILES string of the molecule is C#Cc1cc(NC)cc(C#C)c1C. The predicted octanol–water partition coefficient (Wildman–Crippen LogP) is 2.00. The van der Waals surface area contributed by atoms with E-state index in [4.69, 9.17) is 12.8 Å². The number of hydrogen-bond donors (Lipinski definition) is 1. The molecule has 0 aliphatic heterocycles. The Balaban J connectivity index is 3.42. The van der Waals surface area contributed by atoms with Gasteiger partial charge in [0.25, 0.3) is 0 Å². The van der Waals surface area contributed by atoms with E-state index in [0.717, 1.165) is 22.4 Å². The number of nitrogens with one attached hydrogen (secondary N) is 1. The van der Waals surface area contributed by atoms with Crippen LogP contribution in [0.1, 0.15) is 16.7 Å². The van der Waals surface area contributed by atoms with Crippen molar-refractivity contribution < 1.29 is 0 Å². The molecule has 0 amide bonds. The van der Waals surface area contributed by atoms with Crippen molar-refractivity contribution in [2.75, 3.05) is 12.4 Å². The van der Waals surface area contributed by atoms with Gasteiger partial charge < -0.3 is 5.32 Å². The van der Waals surface area contributed by atoms with Gasteiger partial charge >= 0.3 is 0 Å². The van der Waals surface area contributed by atoms with Crippen molar-refractivity contribution in [1.82, 2.24) is 0 Å². The Morgan fingerprint density at radius 3 is 1.92 bits per heavy atom. The Bertz CT molecular complexity index is 367. The smallest absolute Gasteiger partial charge is 0.0362 e. The van der Waals surface area contributed by atoms with Crippen LogP contribution in [0.3, 0.4) is 0 Å². The summed E-state index contributed by atoms with van der Waals surface area (Å²) in [4.78, 5) is 0. The third kappa shape index (κ3) is 1.66. The molecule has 0 saturated carbocycles. The molecule has 0 bridgehead atoms. The van der Waals surface area contributed by atoms with Crippen LogP contribution in [0, 0.1) is 31.6 Å². The zero-order valence-corrected chi connectivity index (χ0v) is 7.81. The molecule has 0 aliphatic rings. The monoisotopic (exact) mass is 169 g/mol. The largest absolute Gasteiger partial charge is 0.388 e. The van der Waals surface area contributed by atoms with Crippen LogP contribution in [0.4, 0.5) is 5.69 Å². The average molecular weight is 169 g/mol. The van der Waals surface area contributed by atoms with Crippen molar-refractivity contribution in [3.05, 3.63) is 28.8 Å². The summed E-state index contributed by atoms with van der Waals surface area (Å²) < 4.78 is 0. The van der Waals surface area contributed by atoms with Crippen LogP contribution < -0.4 is 5.32 Å². The van der Waals surface area contributed by atoms with Crippen LogP contribution in [-0.2, 0) is 0 Å². The Labute approximate surface area is 79.2 Å². The molecule has 64 valence electrons. The lowest BCUT2D eigenvalue weighted by Gasteiger charge is -2.06. The highest BCUT2D eigenvalue weighted by molar-refractivity contribution is 5.60. The molecule has 1 heteroatoms. The van der Waals surface area contributed by atoms with E-state index < -0.39 is 0 Å². The first-order valence-corrected chi connectivity index (χ1v) is 3.98. The fraction of sp³-hybridized carbons (Fsp3) is 0.167. The van der Waals surface area contributed by atoms with Crippen molar-refractivity contribution in [3.8, 4) is 24.7 Å². The summed E-state index contributed by atoms with van der Waals surface area (Å²) in [5.74, 6) is 5.22. The van der Waals surface area contributed by atoms with Gasteiger partial charge in [0.05, 0.1) is 0 Å². The number of terminal acetylenes is 2. The summed E-state index contributed by atoms with van der Waals surface area (Å²) in [5.41, 5.74) is 3.63. The van der Waals surface area contributed by atoms with Crippen LogP contribution in [0.2, 0.25) is 0 Å². The third-order valence-electron chi connectivity index (χ3n) is 2.01. The molecule has 1 aromatic rings. The highest BCUT2D eigenvalue weighted by Gasteiger charge is 2.02. The normalized spacial score (nSPS) is 8.62. The Kier molecular flexibility index (Phi) is 2.62. The van der Waals surface area contributed by atoms with E-state index in [-0.39, 0.29) is 0 Å². The second-order valence-electron chi connectivity index (χ2n) is 2.74. The Morgan fingerprint density at radius 2 is 1.62 bits per heavy atom. The van der Waals surface area contributed by atoms with Crippen LogP contribution in [0.15, 0.2) is 12.1 Å². The van der Waals surface area contributed by atoms with E-state index in [1.165, 1.54) is 0 Å². The van der Waals surface area contributed by atoms with Crippen molar-refractivity contribution in [2.24, 2.45) is 0 Å². The van der Waals surface area contributed by atoms with E-state index in [2.05, 4.69) is 17.2 Å². The number of anilines is 1. The van der Waals surface area contributed by atoms with Gasteiger partial charge in [-0.25, -0.2) is 0 Å². The Hall–Kier alpha value is -1.86. The van der Waals surface area contributed by atoms with Crippen LogP contribution >= 0.6 is 0 Å². The first-order valence-electron chi connectivity index (χ1n) is 3.98. The van der Waals surface area contributed by atoms with Crippen molar-refractivity contribution in [1.29, 1.82) is 0 Å². The van der Waals surface area contributed by atoms with E-state index in [1.807, 2.05) is 26.1 Å². The van der Waals surface area contributed by atoms with E-state index in [9.17, 15) is 0 Å². The average Bonchev–Trinajstić information content (AvgIpc) is 2.18. The highest BCUT2D eigenvalue weighted by Crippen LogP contribution is 2.18. The van der Waals surface area contributed by atoms with Gasteiger partial charge in [0.15, 0.2) is 0 Å². The third-order valence-corrected chi connectivity index (χ3v) is 2.01. The summed E-state index contributed by atoms with van der Waals surface area (Å²) in [5, 5.41) is 3.01. The van der Waals surface area contributed by atoms with Crippen molar-refractivity contribution in [3.63, 3.8) is 0 Å². The van der Waals surface area contributed by atoms with Gasteiger partial charge in [-0.1, -0.05) is 11.8 Å². The summed E-state index contributed by atoms with van der Waals surface area (Å²) in [7, 11) is 1.84. The maximum atomic E-state index is 5.35. The standard InChI is InChI=1S/C12H11N/c1-5-10-7-12(13-4)8-11(6-2)9(10)3/h1-2,7-8,13H,3-4H3. The lowest BCUT2D eigenvalue weighted by molar-refractivity contribution is 1.38. The summed E-state index contributed by atoms with van der Waals surface area (Å²) in [6.07, 6.45) is 10.7. The van der Waals surface area contributed by atoms with Gasteiger partial charge in [0.1, 0.15) is 0 Å². The molecule has 0 spiro atoms. The van der Waals surface area contributed by atoms with Gasteiger partial charge in [-0.05, 0) is 24.6 Å². The fourth-order valence-corrected chi connectivity index (χ4v) is 1.16. The summed E-state index contributed by atoms with van der Waals surface area (Å²) >= 11 is 0. The summed E-state index contributed by atoms with van der Waals surface area (Å²) in [6, 6.07) is 3.83. The molecule has 0 atom stereocenters. The predicted molar refractivity (Wildman–Crippen MR) is 56.6 cm³/mol. The van der Waals surface area contributed by atoms with Crippen molar-refractivity contribution in [2.45, 2.75) is 6.92 Å². The van der Waals surface area contributed by atoms with E-state index in [1.54, 1.807) is 0 Å². The molecular weight excluding hydrogens is 158 g/mol. The van der Waals surface area contributed by atoms with Gasteiger partial charge in [0, 0.05) is 23.9 Å². The second kappa shape index (κ2) is 3.70. The molecule has 13 heavy (non-hydrogen) atoms. The van der Waals surface area contributed by atoms with Crippen LogP contribution in [0.5, 0.6) is 0 Å². The minimum atomic E-state index is 0.847. The zero-order valence-electron chi connectivity index (χ0n) is 7.81. The van der Waals surface area contributed by atoms with Crippen molar-refractivity contribution >= 4 is 5.69 Å². The zero-order chi connectivity index (χ0) is 9.84. The molecule has 0 aromatic heterocycles. The van der Waals surface area contributed by atoms with Gasteiger partial charge in [0.2, 0.25) is 0 Å². The topological polar surface area (TPSA) is 12.0 Å². The Morgan fingerprint density at radius 1 is 1.15 bits per heavy atom. The highest BCUT2D eigenvalue weighted by atomic mass is 14.8. The quantitative estimate of drug-likeness (QED) is 0.634. The number of rotatable bonds is 1. The molecule has 0 radical (unpaired) electrons. The van der Waals surface area contributed by atoms with Gasteiger partial charge in [-0.15, -0.1) is 12.8 Å². The molecule has 0 heterocycles. The summed E-state index contributed by atoms with van der Waals surface area (Å²) in [6.45, 7) is 1.93. The minimum Gasteiger partial charge on any atom is -0.388 e.